The summed E-state index contributed by atoms with van der Waals surface area (Å²) in [5.74, 6) is 5.58. The number of ether oxygens (including phenoxy) is 1. The summed E-state index contributed by atoms with van der Waals surface area (Å²) < 4.78 is 7.03. The maximum absolute atomic E-state index is 11.6. The number of halogens is 2. The summed E-state index contributed by atoms with van der Waals surface area (Å²) in [6.07, 6.45) is 2.58. The highest BCUT2D eigenvalue weighted by Gasteiger charge is 2.26. The van der Waals surface area contributed by atoms with Gasteiger partial charge in [0.2, 0.25) is 0 Å². The minimum atomic E-state index is -0.632. The van der Waals surface area contributed by atoms with Crippen molar-refractivity contribution in [2.45, 2.75) is 25.3 Å². The van der Waals surface area contributed by atoms with Crippen molar-refractivity contribution in [2.75, 3.05) is 26.8 Å². The second-order valence-corrected chi connectivity index (χ2v) is 6.91. The highest BCUT2D eigenvalue weighted by atomic mass is 35.5. The van der Waals surface area contributed by atoms with Crippen LogP contribution in [0.2, 0.25) is 10.0 Å². The summed E-state index contributed by atoms with van der Waals surface area (Å²) in [6, 6.07) is 1.57. The smallest absolute Gasteiger partial charge is 0.267 e. The predicted molar refractivity (Wildman–Crippen MR) is 103 cm³/mol. The molecular formula is C18H20Cl2N4O2. The largest absolute Gasteiger partial charge is 0.384 e. The lowest BCUT2D eigenvalue weighted by atomic mass is 10.1. The molecule has 0 radical (unpaired) electrons. The number of nitrogens with zero attached hydrogens (tertiary/aromatic N) is 2. The molecule has 0 aliphatic carbocycles. The second-order valence-electron chi connectivity index (χ2n) is 6.13. The van der Waals surface area contributed by atoms with Crippen molar-refractivity contribution in [2.24, 2.45) is 5.73 Å². The van der Waals surface area contributed by atoms with Gasteiger partial charge in [-0.15, -0.1) is 0 Å². The molecular weight excluding hydrogens is 375 g/mol. The highest BCUT2D eigenvalue weighted by molar-refractivity contribution is 6.43. The molecule has 1 atom stereocenters. The SMILES string of the molecule is COCCC#Cc1c(Cl)c2c(Cl)cc(C(N)=O)nc2n1[C@H]1CCCNC1. The monoisotopic (exact) mass is 394 g/mol. The number of aromatic nitrogens is 2. The van der Waals surface area contributed by atoms with Gasteiger partial charge in [-0.25, -0.2) is 4.98 Å². The van der Waals surface area contributed by atoms with Crippen LogP contribution in [0.5, 0.6) is 0 Å². The van der Waals surface area contributed by atoms with Crippen LogP contribution in [-0.2, 0) is 4.74 Å². The lowest BCUT2D eigenvalue weighted by Gasteiger charge is -2.25. The first kappa shape index (κ1) is 19.0. The van der Waals surface area contributed by atoms with Crippen LogP contribution in [0.4, 0.5) is 0 Å². The van der Waals surface area contributed by atoms with Crippen LogP contribution in [0, 0.1) is 11.8 Å². The Bertz CT molecular complexity index is 892. The molecule has 6 nitrogen and oxygen atoms in total. The first-order valence-corrected chi connectivity index (χ1v) is 9.18. The minimum Gasteiger partial charge on any atom is -0.384 e. The average molecular weight is 395 g/mol. The minimum absolute atomic E-state index is 0.112. The summed E-state index contributed by atoms with van der Waals surface area (Å²) in [4.78, 5) is 16.1. The first-order valence-electron chi connectivity index (χ1n) is 8.42. The van der Waals surface area contributed by atoms with Crippen molar-refractivity contribution >= 4 is 40.1 Å². The number of piperidine rings is 1. The van der Waals surface area contributed by atoms with Crippen molar-refractivity contribution in [1.29, 1.82) is 0 Å². The molecule has 26 heavy (non-hydrogen) atoms. The number of methoxy groups -OCH3 is 1. The van der Waals surface area contributed by atoms with Crippen LogP contribution in [-0.4, -0.2) is 42.3 Å². The van der Waals surface area contributed by atoms with E-state index in [1.807, 2.05) is 4.57 Å². The zero-order valence-corrected chi connectivity index (χ0v) is 16.0. The molecule has 0 bridgehead atoms. The second kappa shape index (κ2) is 8.28. The number of nitrogens with one attached hydrogen (secondary N) is 1. The molecule has 1 fully saturated rings. The fourth-order valence-electron chi connectivity index (χ4n) is 3.16. The summed E-state index contributed by atoms with van der Waals surface area (Å²) in [5.41, 5.74) is 6.71. The van der Waals surface area contributed by atoms with Gasteiger partial charge in [-0.3, -0.25) is 4.79 Å². The molecule has 1 aliphatic rings. The van der Waals surface area contributed by atoms with Gasteiger partial charge in [-0.2, -0.15) is 0 Å². The van der Waals surface area contributed by atoms with Crippen LogP contribution in [0.3, 0.4) is 0 Å². The van der Waals surface area contributed by atoms with Gasteiger partial charge in [-0.05, 0) is 31.4 Å². The van der Waals surface area contributed by atoms with Gasteiger partial charge in [0.25, 0.3) is 5.91 Å². The highest BCUT2D eigenvalue weighted by Crippen LogP contribution is 2.38. The van der Waals surface area contributed by atoms with Crippen LogP contribution in [0.25, 0.3) is 11.0 Å². The van der Waals surface area contributed by atoms with Crippen molar-refractivity contribution < 1.29 is 9.53 Å². The maximum Gasteiger partial charge on any atom is 0.267 e. The molecule has 1 aliphatic heterocycles. The Kier molecular flexibility index (Phi) is 6.05. The average Bonchev–Trinajstić information content (AvgIpc) is 2.92. The Morgan fingerprint density at radius 3 is 3.00 bits per heavy atom. The number of pyridine rings is 1. The lowest BCUT2D eigenvalue weighted by Crippen LogP contribution is -2.32. The van der Waals surface area contributed by atoms with E-state index in [1.54, 1.807) is 7.11 Å². The molecule has 0 unspecified atom stereocenters. The van der Waals surface area contributed by atoms with E-state index >= 15 is 0 Å². The molecule has 1 saturated heterocycles. The van der Waals surface area contributed by atoms with Gasteiger partial charge in [0.15, 0.2) is 0 Å². The van der Waals surface area contributed by atoms with E-state index < -0.39 is 5.91 Å². The number of hydrogen-bond acceptors (Lipinski definition) is 4. The number of carbonyl (C=O) groups is 1. The fraction of sp³-hybridized carbons (Fsp3) is 0.444. The Morgan fingerprint density at radius 1 is 1.54 bits per heavy atom. The van der Waals surface area contributed by atoms with Gasteiger partial charge in [0, 0.05) is 26.1 Å². The van der Waals surface area contributed by atoms with E-state index in [0.29, 0.717) is 39.8 Å². The van der Waals surface area contributed by atoms with Crippen LogP contribution >= 0.6 is 23.2 Å². The lowest BCUT2D eigenvalue weighted by molar-refractivity contribution is 0.0996. The molecule has 3 heterocycles. The molecule has 0 saturated carbocycles. The standard InChI is InChI=1S/C18H20Cl2N4O2/c1-26-8-3-2-6-14-16(20)15-12(19)9-13(17(21)25)23-18(15)24(14)11-5-4-7-22-10-11/h9,11,22H,3-5,7-8,10H2,1H3,(H2,21,25)/t11-/m0/s1. The van der Waals surface area contributed by atoms with Crippen LogP contribution < -0.4 is 11.1 Å². The zero-order chi connectivity index (χ0) is 18.7. The number of rotatable bonds is 4. The molecule has 8 heteroatoms. The van der Waals surface area contributed by atoms with Crippen molar-refractivity contribution in [3.05, 3.63) is 27.5 Å². The van der Waals surface area contributed by atoms with Crippen LogP contribution in [0.15, 0.2) is 6.07 Å². The van der Waals surface area contributed by atoms with E-state index in [1.165, 1.54) is 6.07 Å². The summed E-state index contributed by atoms with van der Waals surface area (Å²) >= 11 is 13.0. The Morgan fingerprint density at radius 2 is 2.35 bits per heavy atom. The fourth-order valence-corrected chi connectivity index (χ4v) is 3.81. The van der Waals surface area contributed by atoms with Gasteiger partial charge < -0.3 is 20.4 Å². The predicted octanol–water partition coefficient (Wildman–Crippen LogP) is 2.75. The third-order valence-electron chi connectivity index (χ3n) is 4.38. The van der Waals surface area contributed by atoms with Crippen molar-refractivity contribution in [3.8, 4) is 11.8 Å². The Labute approximate surface area is 162 Å². The Hall–Kier alpha value is -1.78. The number of hydrogen-bond donors (Lipinski definition) is 2. The topological polar surface area (TPSA) is 82.2 Å². The molecule has 0 aromatic carbocycles. The van der Waals surface area contributed by atoms with Crippen LogP contribution in [0.1, 0.15) is 41.5 Å². The van der Waals surface area contributed by atoms with Gasteiger partial charge in [-0.1, -0.05) is 29.1 Å². The summed E-state index contributed by atoms with van der Waals surface area (Å²) in [5, 5.41) is 4.77. The van der Waals surface area contributed by atoms with Crippen molar-refractivity contribution in [3.63, 3.8) is 0 Å². The van der Waals surface area contributed by atoms with E-state index in [2.05, 4.69) is 22.1 Å². The third kappa shape index (κ3) is 3.67. The molecule has 1 amide bonds. The van der Waals surface area contributed by atoms with E-state index in [9.17, 15) is 4.79 Å². The van der Waals surface area contributed by atoms with Gasteiger partial charge in [0.1, 0.15) is 17.0 Å². The van der Waals surface area contributed by atoms with E-state index in [0.717, 1.165) is 25.9 Å². The quantitative estimate of drug-likeness (QED) is 0.616. The summed E-state index contributed by atoms with van der Waals surface area (Å²) in [6.45, 7) is 2.28. The first-order chi connectivity index (χ1) is 12.5. The Balaban J connectivity index is 2.22. The normalized spacial score (nSPS) is 17.1. The number of amides is 1. The molecule has 3 rings (SSSR count). The van der Waals surface area contributed by atoms with E-state index in [-0.39, 0.29) is 11.7 Å². The number of fused-ring (bicyclic) bond motifs is 1. The van der Waals surface area contributed by atoms with Gasteiger partial charge in [0.05, 0.1) is 22.0 Å². The zero-order valence-electron chi connectivity index (χ0n) is 14.4. The molecule has 2 aromatic rings. The third-order valence-corrected chi connectivity index (χ3v) is 5.04. The molecule has 2 aromatic heterocycles. The number of nitrogens with two attached hydrogens (primary N) is 1. The van der Waals surface area contributed by atoms with Crippen molar-refractivity contribution in [1.82, 2.24) is 14.9 Å². The number of carbonyl (C=O) groups excluding carboxylic acids is 1. The molecule has 0 spiro atoms. The molecule has 3 N–H and O–H groups in total. The maximum atomic E-state index is 11.6. The van der Waals surface area contributed by atoms with Gasteiger partial charge >= 0.3 is 0 Å². The molecule has 138 valence electrons. The summed E-state index contributed by atoms with van der Waals surface area (Å²) in [7, 11) is 1.63. The number of primary amides is 1. The van der Waals surface area contributed by atoms with E-state index in [4.69, 9.17) is 33.7 Å².